The molecule has 0 bridgehead atoms. The Morgan fingerprint density at radius 3 is 2.91 bits per heavy atom. The molecule has 0 aliphatic heterocycles. The van der Waals surface area contributed by atoms with E-state index >= 15 is 0 Å². The van der Waals surface area contributed by atoms with Crippen LogP contribution in [0.4, 0.5) is 0 Å². The van der Waals surface area contributed by atoms with Gasteiger partial charge in [0.05, 0.1) is 11.8 Å². The molecule has 0 aromatic carbocycles. The van der Waals surface area contributed by atoms with Crippen molar-refractivity contribution >= 4 is 23.4 Å². The third-order valence-corrected chi connectivity index (χ3v) is 4.79. The first-order valence-corrected chi connectivity index (χ1v) is 8.46. The van der Waals surface area contributed by atoms with Crippen LogP contribution in [0, 0.1) is 31.1 Å². The summed E-state index contributed by atoms with van der Waals surface area (Å²) in [6.07, 6.45) is 1.99. The molecule has 2 aromatic heterocycles. The molecule has 7 nitrogen and oxygen atoms in total. The van der Waals surface area contributed by atoms with Crippen molar-refractivity contribution in [2.45, 2.75) is 44.3 Å². The van der Waals surface area contributed by atoms with Crippen molar-refractivity contribution in [3.05, 3.63) is 17.5 Å². The molecule has 1 unspecified atom stereocenters. The standard InChI is InChI=1S/C15H18N6OS/c1-9-6-10(2)21-13(17-9)18-14(20-21)23-7-12(22)19-15(3,8-16)11-4-5-11/h6,11H,4-5,7H2,1-3H3,(H,19,22). The molecule has 0 saturated heterocycles. The van der Waals surface area contributed by atoms with E-state index in [0.29, 0.717) is 10.9 Å². The summed E-state index contributed by atoms with van der Waals surface area (Å²) < 4.78 is 1.66. The highest BCUT2D eigenvalue weighted by Gasteiger charge is 2.42. The van der Waals surface area contributed by atoms with Gasteiger partial charge in [-0.2, -0.15) is 10.2 Å². The highest BCUT2D eigenvalue weighted by molar-refractivity contribution is 7.99. The molecule has 0 spiro atoms. The average Bonchev–Trinajstić information content (AvgIpc) is 3.27. The normalized spacial score (nSPS) is 16.8. The Hall–Kier alpha value is -2.14. The van der Waals surface area contributed by atoms with Gasteiger partial charge in [-0.3, -0.25) is 4.79 Å². The van der Waals surface area contributed by atoms with Crippen molar-refractivity contribution in [2.24, 2.45) is 5.92 Å². The summed E-state index contributed by atoms with van der Waals surface area (Å²) in [5.74, 6) is 0.805. The smallest absolute Gasteiger partial charge is 0.253 e. The predicted octanol–water partition coefficient (Wildman–Crippen LogP) is 1.64. The highest BCUT2D eigenvalue weighted by atomic mass is 32.2. The molecule has 1 atom stereocenters. The molecule has 0 radical (unpaired) electrons. The monoisotopic (exact) mass is 330 g/mol. The first-order chi connectivity index (χ1) is 10.9. The number of aryl methyl sites for hydroxylation is 2. The number of thioether (sulfide) groups is 1. The summed E-state index contributed by atoms with van der Waals surface area (Å²) in [4.78, 5) is 20.7. The van der Waals surface area contributed by atoms with Crippen molar-refractivity contribution in [3.63, 3.8) is 0 Å². The minimum absolute atomic E-state index is 0.175. The van der Waals surface area contributed by atoms with Gasteiger partial charge in [-0.1, -0.05) is 11.8 Å². The molecule has 8 heteroatoms. The van der Waals surface area contributed by atoms with Gasteiger partial charge in [0.2, 0.25) is 11.1 Å². The van der Waals surface area contributed by atoms with Crippen molar-refractivity contribution < 1.29 is 4.79 Å². The van der Waals surface area contributed by atoms with Crippen molar-refractivity contribution in [1.82, 2.24) is 24.9 Å². The molecular weight excluding hydrogens is 312 g/mol. The van der Waals surface area contributed by atoms with Crippen molar-refractivity contribution in [2.75, 3.05) is 5.75 Å². The molecule has 1 fully saturated rings. The molecule has 2 heterocycles. The van der Waals surface area contributed by atoms with Crippen LogP contribution in [0.5, 0.6) is 0 Å². The number of rotatable bonds is 5. The first kappa shape index (κ1) is 15.7. The maximum atomic E-state index is 12.1. The van der Waals surface area contributed by atoms with Gasteiger partial charge >= 0.3 is 0 Å². The number of carbonyl (C=O) groups is 1. The fourth-order valence-electron chi connectivity index (χ4n) is 2.55. The lowest BCUT2D eigenvalue weighted by Crippen LogP contribution is -2.47. The maximum absolute atomic E-state index is 12.1. The number of nitrogens with one attached hydrogen (secondary N) is 1. The van der Waals surface area contributed by atoms with Crippen molar-refractivity contribution in [1.29, 1.82) is 5.26 Å². The number of nitriles is 1. The van der Waals surface area contributed by atoms with E-state index in [1.807, 2.05) is 19.9 Å². The molecular formula is C15H18N6OS. The number of fused-ring (bicyclic) bond motifs is 1. The van der Waals surface area contributed by atoms with Crippen LogP contribution in [0.25, 0.3) is 5.78 Å². The topological polar surface area (TPSA) is 96.0 Å². The molecule has 120 valence electrons. The summed E-state index contributed by atoms with van der Waals surface area (Å²) in [7, 11) is 0. The van der Waals surface area contributed by atoms with Crippen LogP contribution >= 0.6 is 11.8 Å². The number of carbonyl (C=O) groups excluding carboxylic acids is 1. The van der Waals surface area contributed by atoms with Gasteiger partial charge in [0.25, 0.3) is 5.78 Å². The van der Waals surface area contributed by atoms with E-state index in [9.17, 15) is 10.1 Å². The maximum Gasteiger partial charge on any atom is 0.253 e. The molecule has 1 aliphatic rings. The fourth-order valence-corrected chi connectivity index (χ4v) is 3.16. The lowest BCUT2D eigenvalue weighted by atomic mass is 9.98. The predicted molar refractivity (Wildman–Crippen MR) is 85.9 cm³/mol. The van der Waals surface area contributed by atoms with E-state index in [1.165, 1.54) is 11.8 Å². The van der Waals surface area contributed by atoms with Gasteiger partial charge in [-0.15, -0.1) is 5.10 Å². The van der Waals surface area contributed by atoms with Crippen LogP contribution in [-0.4, -0.2) is 36.8 Å². The average molecular weight is 330 g/mol. The molecule has 1 saturated carbocycles. The Balaban J connectivity index is 1.65. The Morgan fingerprint density at radius 2 is 2.26 bits per heavy atom. The Bertz CT molecular complexity index is 806. The SMILES string of the molecule is Cc1cc(C)n2nc(SCC(=O)NC(C)(C#N)C3CC3)nc2n1. The minimum atomic E-state index is -0.765. The van der Waals surface area contributed by atoms with E-state index in [2.05, 4.69) is 26.5 Å². The van der Waals surface area contributed by atoms with E-state index in [0.717, 1.165) is 24.2 Å². The van der Waals surface area contributed by atoms with Crippen molar-refractivity contribution in [3.8, 4) is 6.07 Å². The van der Waals surface area contributed by atoms with Crippen LogP contribution in [0.1, 0.15) is 31.2 Å². The van der Waals surface area contributed by atoms with E-state index in [4.69, 9.17) is 0 Å². The van der Waals surface area contributed by atoms with E-state index in [1.54, 1.807) is 11.4 Å². The second kappa shape index (κ2) is 5.81. The number of amides is 1. The summed E-state index contributed by atoms with van der Waals surface area (Å²) in [5, 5.41) is 17.0. The first-order valence-electron chi connectivity index (χ1n) is 7.47. The van der Waals surface area contributed by atoms with Crippen LogP contribution in [0.2, 0.25) is 0 Å². The largest absolute Gasteiger partial charge is 0.337 e. The van der Waals surface area contributed by atoms with E-state index in [-0.39, 0.29) is 17.6 Å². The van der Waals surface area contributed by atoms with Crippen LogP contribution in [-0.2, 0) is 4.79 Å². The zero-order chi connectivity index (χ0) is 16.6. The third-order valence-electron chi connectivity index (χ3n) is 3.96. The van der Waals surface area contributed by atoms with Crippen LogP contribution in [0.3, 0.4) is 0 Å². The minimum Gasteiger partial charge on any atom is -0.337 e. The van der Waals surface area contributed by atoms with Crippen LogP contribution in [0.15, 0.2) is 11.2 Å². The van der Waals surface area contributed by atoms with Gasteiger partial charge in [-0.25, -0.2) is 9.50 Å². The lowest BCUT2D eigenvalue weighted by Gasteiger charge is -2.22. The second-order valence-corrected chi connectivity index (χ2v) is 7.01. The number of nitrogens with zero attached hydrogens (tertiary/aromatic N) is 5. The third kappa shape index (κ3) is 3.29. The number of hydrogen-bond acceptors (Lipinski definition) is 6. The fraction of sp³-hybridized carbons (Fsp3) is 0.533. The lowest BCUT2D eigenvalue weighted by molar-refractivity contribution is -0.119. The van der Waals surface area contributed by atoms with Gasteiger partial charge in [0.1, 0.15) is 5.54 Å². The summed E-state index contributed by atoms with van der Waals surface area (Å²) >= 11 is 1.25. The van der Waals surface area contributed by atoms with Gasteiger partial charge in [0, 0.05) is 11.4 Å². The molecule has 1 aliphatic carbocycles. The Kier molecular flexibility index (Phi) is 3.98. The van der Waals surface area contributed by atoms with Gasteiger partial charge < -0.3 is 5.32 Å². The van der Waals surface area contributed by atoms with Crippen LogP contribution < -0.4 is 5.32 Å². The Morgan fingerprint density at radius 1 is 1.52 bits per heavy atom. The second-order valence-electron chi connectivity index (χ2n) is 6.07. The highest BCUT2D eigenvalue weighted by Crippen LogP contribution is 2.39. The number of aromatic nitrogens is 4. The molecule has 3 rings (SSSR count). The molecule has 23 heavy (non-hydrogen) atoms. The Labute approximate surface area is 138 Å². The molecule has 1 N–H and O–H groups in total. The van der Waals surface area contributed by atoms with Gasteiger partial charge in [-0.05, 0) is 45.6 Å². The summed E-state index contributed by atoms with van der Waals surface area (Å²) in [6, 6.07) is 4.15. The molecule has 2 aromatic rings. The summed E-state index contributed by atoms with van der Waals surface area (Å²) in [5.41, 5.74) is 1.06. The number of hydrogen-bond donors (Lipinski definition) is 1. The zero-order valence-corrected chi connectivity index (χ0v) is 14.1. The zero-order valence-electron chi connectivity index (χ0n) is 13.3. The quantitative estimate of drug-likeness (QED) is 0.837. The molecule has 1 amide bonds. The van der Waals surface area contributed by atoms with Gasteiger partial charge in [0.15, 0.2) is 0 Å². The summed E-state index contributed by atoms with van der Waals surface area (Å²) in [6.45, 7) is 5.63. The van der Waals surface area contributed by atoms with E-state index < -0.39 is 5.54 Å².